The Hall–Kier alpha value is -2.63. The number of fused-ring (bicyclic) bond motifs is 1. The molecule has 6 heteroatoms. The van der Waals surface area contributed by atoms with Crippen LogP contribution in [0.3, 0.4) is 0 Å². The Labute approximate surface area is 110 Å². The number of hydrogen-bond donors (Lipinski definition) is 1. The van der Waals surface area contributed by atoms with Crippen LogP contribution in [0.25, 0.3) is 5.65 Å². The fourth-order valence-corrected chi connectivity index (χ4v) is 1.84. The Kier molecular flexibility index (Phi) is 2.75. The lowest BCUT2D eigenvalue weighted by Crippen LogP contribution is -1.99. The van der Waals surface area contributed by atoms with E-state index < -0.39 is 0 Å². The van der Waals surface area contributed by atoms with Crippen LogP contribution in [0, 0.1) is 6.92 Å². The fourth-order valence-electron chi connectivity index (χ4n) is 1.84. The smallest absolute Gasteiger partial charge is 0.218 e. The number of pyridine rings is 1. The Balaban J connectivity index is 1.93. The predicted octanol–water partition coefficient (Wildman–Crippen LogP) is 2.18. The normalized spacial score (nSPS) is 10.6. The van der Waals surface area contributed by atoms with Gasteiger partial charge in [-0.2, -0.15) is 4.98 Å². The summed E-state index contributed by atoms with van der Waals surface area (Å²) in [7, 11) is 1.59. The van der Waals surface area contributed by atoms with E-state index in [0.29, 0.717) is 17.5 Å². The van der Waals surface area contributed by atoms with E-state index in [1.807, 2.05) is 35.9 Å². The molecule has 0 aliphatic carbocycles. The van der Waals surface area contributed by atoms with Gasteiger partial charge in [0.25, 0.3) is 0 Å². The minimum Gasteiger partial charge on any atom is -0.481 e. The molecule has 3 rings (SSSR count). The average Bonchev–Trinajstić information content (AvgIpc) is 2.85. The summed E-state index contributed by atoms with van der Waals surface area (Å²) >= 11 is 0. The van der Waals surface area contributed by atoms with Crippen molar-refractivity contribution in [1.29, 1.82) is 0 Å². The molecule has 1 N–H and O–H groups in total. The van der Waals surface area contributed by atoms with Crippen LogP contribution in [0.5, 0.6) is 5.88 Å². The fraction of sp³-hybridized carbons (Fsp3) is 0.154. The molecule has 0 saturated carbocycles. The third-order valence-electron chi connectivity index (χ3n) is 2.69. The van der Waals surface area contributed by atoms with Crippen molar-refractivity contribution >= 4 is 17.2 Å². The van der Waals surface area contributed by atoms with Crippen molar-refractivity contribution in [3.8, 4) is 5.88 Å². The molecule has 0 amide bonds. The summed E-state index contributed by atoms with van der Waals surface area (Å²) < 4.78 is 7.07. The van der Waals surface area contributed by atoms with Crippen molar-refractivity contribution < 1.29 is 4.74 Å². The van der Waals surface area contributed by atoms with Crippen LogP contribution in [0.15, 0.2) is 36.8 Å². The van der Waals surface area contributed by atoms with Gasteiger partial charge in [-0.05, 0) is 13.0 Å². The number of ether oxygens (including phenoxy) is 1. The third kappa shape index (κ3) is 2.33. The molecule has 0 aromatic carbocycles. The Morgan fingerprint density at radius 2 is 2.11 bits per heavy atom. The number of hydrogen-bond acceptors (Lipinski definition) is 5. The van der Waals surface area contributed by atoms with E-state index in [1.54, 1.807) is 19.4 Å². The van der Waals surface area contributed by atoms with Crippen molar-refractivity contribution in [2.24, 2.45) is 0 Å². The van der Waals surface area contributed by atoms with Crippen molar-refractivity contribution in [3.63, 3.8) is 0 Å². The number of nitrogens with one attached hydrogen (secondary N) is 1. The zero-order valence-corrected chi connectivity index (χ0v) is 10.7. The summed E-state index contributed by atoms with van der Waals surface area (Å²) in [5, 5.41) is 3.22. The minimum atomic E-state index is 0.539. The molecule has 3 aromatic heterocycles. The summed E-state index contributed by atoms with van der Waals surface area (Å²) in [4.78, 5) is 12.7. The van der Waals surface area contributed by atoms with Gasteiger partial charge in [0.1, 0.15) is 17.3 Å². The molecular formula is C13H13N5O. The molecule has 0 fully saturated rings. The maximum atomic E-state index is 5.12. The van der Waals surface area contributed by atoms with Gasteiger partial charge in [0, 0.05) is 36.4 Å². The lowest BCUT2D eigenvalue weighted by atomic mass is 10.4. The van der Waals surface area contributed by atoms with Crippen molar-refractivity contribution in [1.82, 2.24) is 19.4 Å². The first-order valence-corrected chi connectivity index (χ1v) is 5.84. The highest BCUT2D eigenvalue weighted by atomic mass is 16.5. The lowest BCUT2D eigenvalue weighted by Gasteiger charge is -2.08. The predicted molar refractivity (Wildman–Crippen MR) is 71.8 cm³/mol. The largest absolute Gasteiger partial charge is 0.481 e. The lowest BCUT2D eigenvalue weighted by molar-refractivity contribution is 0.396. The first kappa shape index (κ1) is 11.5. The summed E-state index contributed by atoms with van der Waals surface area (Å²) in [5.74, 6) is 1.89. The molecule has 6 nitrogen and oxygen atoms in total. The van der Waals surface area contributed by atoms with Crippen molar-refractivity contribution in [2.45, 2.75) is 6.92 Å². The second kappa shape index (κ2) is 4.56. The highest BCUT2D eigenvalue weighted by Gasteiger charge is 2.03. The van der Waals surface area contributed by atoms with Crippen LogP contribution in [0.4, 0.5) is 11.5 Å². The number of anilines is 2. The number of aryl methyl sites for hydroxylation is 1. The van der Waals surface area contributed by atoms with Crippen LogP contribution in [0.2, 0.25) is 0 Å². The van der Waals surface area contributed by atoms with Gasteiger partial charge in [-0.3, -0.25) is 0 Å². The van der Waals surface area contributed by atoms with Crippen molar-refractivity contribution in [2.75, 3.05) is 12.4 Å². The highest BCUT2D eigenvalue weighted by molar-refractivity contribution is 5.61. The maximum absolute atomic E-state index is 5.12. The molecule has 0 saturated heterocycles. The van der Waals surface area contributed by atoms with Crippen LogP contribution in [0.1, 0.15) is 5.82 Å². The van der Waals surface area contributed by atoms with Gasteiger partial charge in [-0.1, -0.05) is 0 Å². The van der Waals surface area contributed by atoms with E-state index in [2.05, 4.69) is 20.3 Å². The summed E-state index contributed by atoms with van der Waals surface area (Å²) in [6, 6.07) is 5.66. The van der Waals surface area contributed by atoms with Gasteiger partial charge in [0.15, 0.2) is 0 Å². The van der Waals surface area contributed by atoms with E-state index in [0.717, 1.165) is 11.3 Å². The average molecular weight is 255 g/mol. The van der Waals surface area contributed by atoms with Crippen LogP contribution >= 0.6 is 0 Å². The SMILES string of the molecule is COc1cc(Nc2ccn3ccnc3c2)nc(C)n1. The van der Waals surface area contributed by atoms with Gasteiger partial charge in [-0.15, -0.1) is 0 Å². The monoisotopic (exact) mass is 255 g/mol. The van der Waals surface area contributed by atoms with E-state index in [9.17, 15) is 0 Å². The van der Waals surface area contributed by atoms with Crippen molar-refractivity contribution in [3.05, 3.63) is 42.6 Å². The zero-order valence-electron chi connectivity index (χ0n) is 10.7. The van der Waals surface area contributed by atoms with Crippen LogP contribution in [-0.4, -0.2) is 26.5 Å². The molecule has 0 atom stereocenters. The molecule has 3 aromatic rings. The Morgan fingerprint density at radius 3 is 2.95 bits per heavy atom. The van der Waals surface area contributed by atoms with Crippen LogP contribution in [-0.2, 0) is 0 Å². The van der Waals surface area contributed by atoms with E-state index in [-0.39, 0.29) is 0 Å². The third-order valence-corrected chi connectivity index (χ3v) is 2.69. The standard InChI is InChI=1S/C13H13N5O/c1-9-15-11(8-13(16-9)19-2)17-10-3-5-18-6-4-14-12(18)7-10/h3-8H,1-2H3,(H,15,16,17). The Bertz CT molecular complexity index is 722. The molecule has 0 radical (unpaired) electrons. The molecule has 0 unspecified atom stereocenters. The minimum absolute atomic E-state index is 0.539. The summed E-state index contributed by atoms with van der Waals surface area (Å²) in [6.45, 7) is 1.82. The molecule has 19 heavy (non-hydrogen) atoms. The second-order valence-corrected chi connectivity index (χ2v) is 4.08. The molecule has 0 bridgehead atoms. The molecule has 0 spiro atoms. The van der Waals surface area contributed by atoms with E-state index in [4.69, 9.17) is 4.74 Å². The topological polar surface area (TPSA) is 64.3 Å². The zero-order chi connectivity index (χ0) is 13.2. The van der Waals surface area contributed by atoms with Gasteiger partial charge >= 0.3 is 0 Å². The highest BCUT2D eigenvalue weighted by Crippen LogP contribution is 2.19. The van der Waals surface area contributed by atoms with E-state index in [1.165, 1.54) is 0 Å². The quantitative estimate of drug-likeness (QED) is 0.777. The summed E-state index contributed by atoms with van der Waals surface area (Å²) in [5.41, 5.74) is 1.79. The number of nitrogens with zero attached hydrogens (tertiary/aromatic N) is 4. The molecular weight excluding hydrogens is 242 g/mol. The maximum Gasteiger partial charge on any atom is 0.218 e. The number of rotatable bonds is 3. The molecule has 0 aliphatic heterocycles. The van der Waals surface area contributed by atoms with Crippen LogP contribution < -0.4 is 10.1 Å². The van der Waals surface area contributed by atoms with Gasteiger partial charge in [0.2, 0.25) is 5.88 Å². The number of imidazole rings is 1. The second-order valence-electron chi connectivity index (χ2n) is 4.08. The number of methoxy groups -OCH3 is 1. The molecule has 96 valence electrons. The first-order chi connectivity index (χ1) is 9.24. The van der Waals surface area contributed by atoms with Gasteiger partial charge in [0.05, 0.1) is 7.11 Å². The van der Waals surface area contributed by atoms with Gasteiger partial charge < -0.3 is 14.5 Å². The molecule has 3 heterocycles. The van der Waals surface area contributed by atoms with E-state index >= 15 is 0 Å². The number of aromatic nitrogens is 4. The molecule has 0 aliphatic rings. The van der Waals surface area contributed by atoms with Gasteiger partial charge in [-0.25, -0.2) is 9.97 Å². The first-order valence-electron chi connectivity index (χ1n) is 5.84. The Morgan fingerprint density at radius 1 is 1.21 bits per heavy atom. The summed E-state index contributed by atoms with van der Waals surface area (Å²) in [6.07, 6.45) is 5.60.